The summed E-state index contributed by atoms with van der Waals surface area (Å²) >= 11 is 1.72. The molecule has 6 heteroatoms. The summed E-state index contributed by atoms with van der Waals surface area (Å²) in [5, 5.41) is 11.5. The maximum absolute atomic E-state index is 11.9. The third-order valence-electron chi connectivity index (χ3n) is 2.47. The number of anilines is 1. The van der Waals surface area contributed by atoms with Gasteiger partial charge in [0.05, 0.1) is 5.69 Å². The molecule has 0 radical (unpaired) electrons. The monoisotopic (exact) mass is 271 g/mol. The van der Waals surface area contributed by atoms with Crippen LogP contribution in [0, 0.1) is 0 Å². The number of aryl methyl sites for hydroxylation is 1. The standard InChI is InChI=1S/C12H21N3O2S/c1-2-15-9-10(13)8-11(15)12(17)14-4-7-18-6-3-5-16/h8-9,16H,2-7,13H2,1H3,(H,14,17). The number of aliphatic hydroxyl groups excluding tert-OH is 1. The molecular weight excluding hydrogens is 250 g/mol. The molecule has 0 aliphatic rings. The summed E-state index contributed by atoms with van der Waals surface area (Å²) in [4.78, 5) is 11.9. The van der Waals surface area contributed by atoms with Crippen molar-refractivity contribution in [2.45, 2.75) is 19.9 Å². The van der Waals surface area contributed by atoms with Gasteiger partial charge in [-0.2, -0.15) is 11.8 Å². The van der Waals surface area contributed by atoms with Crippen LogP contribution in [-0.4, -0.2) is 40.2 Å². The highest BCUT2D eigenvalue weighted by atomic mass is 32.2. The molecule has 1 heterocycles. The summed E-state index contributed by atoms with van der Waals surface area (Å²) in [6.45, 7) is 3.55. The summed E-state index contributed by atoms with van der Waals surface area (Å²) in [5.74, 6) is 1.69. The first kappa shape index (κ1) is 14.9. The number of carbonyl (C=O) groups excluding carboxylic acids is 1. The molecule has 0 aromatic carbocycles. The highest BCUT2D eigenvalue weighted by Crippen LogP contribution is 2.10. The number of thioether (sulfide) groups is 1. The Labute approximate surface area is 112 Å². The van der Waals surface area contributed by atoms with Crippen molar-refractivity contribution in [2.24, 2.45) is 0 Å². The van der Waals surface area contributed by atoms with E-state index in [0.29, 0.717) is 17.9 Å². The average Bonchev–Trinajstić information content (AvgIpc) is 2.74. The van der Waals surface area contributed by atoms with Gasteiger partial charge in [0.2, 0.25) is 0 Å². The molecule has 0 unspecified atom stereocenters. The zero-order valence-corrected chi connectivity index (χ0v) is 11.5. The minimum Gasteiger partial charge on any atom is -0.397 e. The number of carbonyl (C=O) groups is 1. The lowest BCUT2D eigenvalue weighted by Crippen LogP contribution is -2.27. The fourth-order valence-corrected chi connectivity index (χ4v) is 2.36. The summed E-state index contributed by atoms with van der Waals surface area (Å²) in [7, 11) is 0. The normalized spacial score (nSPS) is 10.6. The van der Waals surface area contributed by atoms with E-state index in [2.05, 4.69) is 5.32 Å². The van der Waals surface area contributed by atoms with Crippen molar-refractivity contribution in [3.8, 4) is 0 Å². The van der Waals surface area contributed by atoms with Crippen molar-refractivity contribution >= 4 is 23.4 Å². The second-order valence-corrected chi connectivity index (χ2v) is 5.11. The van der Waals surface area contributed by atoms with E-state index in [0.717, 1.165) is 24.5 Å². The van der Waals surface area contributed by atoms with Crippen molar-refractivity contribution in [3.63, 3.8) is 0 Å². The van der Waals surface area contributed by atoms with Gasteiger partial charge in [-0.15, -0.1) is 0 Å². The van der Waals surface area contributed by atoms with Crippen LogP contribution in [0.4, 0.5) is 5.69 Å². The average molecular weight is 271 g/mol. The van der Waals surface area contributed by atoms with Crippen LogP contribution in [0.1, 0.15) is 23.8 Å². The molecular formula is C12H21N3O2S. The predicted molar refractivity (Wildman–Crippen MR) is 75.9 cm³/mol. The molecule has 0 saturated heterocycles. The van der Waals surface area contributed by atoms with E-state index in [9.17, 15) is 4.79 Å². The molecule has 1 aromatic heterocycles. The van der Waals surface area contributed by atoms with Crippen LogP contribution in [0.15, 0.2) is 12.3 Å². The zero-order valence-electron chi connectivity index (χ0n) is 10.7. The largest absolute Gasteiger partial charge is 0.397 e. The van der Waals surface area contributed by atoms with E-state index in [1.807, 2.05) is 11.5 Å². The number of nitrogens with zero attached hydrogens (tertiary/aromatic N) is 1. The smallest absolute Gasteiger partial charge is 0.268 e. The van der Waals surface area contributed by atoms with Crippen molar-refractivity contribution in [3.05, 3.63) is 18.0 Å². The van der Waals surface area contributed by atoms with Gasteiger partial charge in [0.1, 0.15) is 5.69 Å². The molecule has 18 heavy (non-hydrogen) atoms. The minimum absolute atomic E-state index is 0.0868. The van der Waals surface area contributed by atoms with E-state index < -0.39 is 0 Å². The molecule has 0 saturated carbocycles. The van der Waals surface area contributed by atoms with Gasteiger partial charge in [-0.1, -0.05) is 0 Å². The Balaban J connectivity index is 2.32. The van der Waals surface area contributed by atoms with Crippen LogP contribution in [0.25, 0.3) is 0 Å². The second-order valence-electron chi connectivity index (χ2n) is 3.89. The van der Waals surface area contributed by atoms with Crippen LogP contribution in [0.2, 0.25) is 0 Å². The molecule has 4 N–H and O–H groups in total. The number of aromatic nitrogens is 1. The van der Waals surface area contributed by atoms with Crippen LogP contribution in [0.3, 0.4) is 0 Å². The number of nitrogen functional groups attached to an aromatic ring is 1. The Morgan fingerprint density at radius 2 is 2.33 bits per heavy atom. The fraction of sp³-hybridized carbons (Fsp3) is 0.583. The molecule has 0 atom stereocenters. The van der Waals surface area contributed by atoms with Crippen LogP contribution in [0.5, 0.6) is 0 Å². The highest BCUT2D eigenvalue weighted by Gasteiger charge is 2.10. The van der Waals surface area contributed by atoms with E-state index in [1.165, 1.54) is 0 Å². The molecule has 5 nitrogen and oxygen atoms in total. The molecule has 0 aliphatic heterocycles. The van der Waals surface area contributed by atoms with Crippen molar-refractivity contribution in [1.29, 1.82) is 0 Å². The molecule has 1 amide bonds. The number of rotatable bonds is 8. The van der Waals surface area contributed by atoms with E-state index in [1.54, 1.807) is 24.0 Å². The quantitative estimate of drug-likeness (QED) is 0.615. The minimum atomic E-state index is -0.0868. The highest BCUT2D eigenvalue weighted by molar-refractivity contribution is 7.99. The van der Waals surface area contributed by atoms with Gasteiger partial charge in [0, 0.05) is 31.6 Å². The van der Waals surface area contributed by atoms with Crippen molar-refractivity contribution in [2.75, 3.05) is 30.4 Å². The number of nitrogens with two attached hydrogens (primary N) is 1. The van der Waals surface area contributed by atoms with Gasteiger partial charge in [0.15, 0.2) is 0 Å². The number of aliphatic hydroxyl groups is 1. The Morgan fingerprint density at radius 3 is 3.00 bits per heavy atom. The van der Waals surface area contributed by atoms with E-state index >= 15 is 0 Å². The first-order valence-corrected chi connectivity index (χ1v) is 7.27. The number of nitrogens with one attached hydrogen (secondary N) is 1. The van der Waals surface area contributed by atoms with Crippen LogP contribution < -0.4 is 11.1 Å². The molecule has 0 aliphatic carbocycles. The summed E-state index contributed by atoms with van der Waals surface area (Å²) in [6, 6.07) is 1.69. The van der Waals surface area contributed by atoms with Gasteiger partial charge >= 0.3 is 0 Å². The maximum atomic E-state index is 11.9. The Morgan fingerprint density at radius 1 is 1.56 bits per heavy atom. The molecule has 0 bridgehead atoms. The molecule has 102 valence electrons. The van der Waals surface area contributed by atoms with Crippen LogP contribution in [-0.2, 0) is 6.54 Å². The topological polar surface area (TPSA) is 80.3 Å². The molecule has 0 spiro atoms. The number of hydrogen-bond donors (Lipinski definition) is 3. The number of amides is 1. The second kappa shape index (κ2) is 8.05. The summed E-state index contributed by atoms with van der Waals surface area (Å²) < 4.78 is 1.84. The molecule has 1 aromatic rings. The predicted octanol–water partition coefficient (Wildman–Crippen LogP) is 0.936. The van der Waals surface area contributed by atoms with Gasteiger partial charge in [-0.05, 0) is 25.2 Å². The lowest BCUT2D eigenvalue weighted by Gasteiger charge is -2.07. The summed E-state index contributed by atoms with van der Waals surface area (Å²) in [6.07, 6.45) is 2.57. The van der Waals surface area contributed by atoms with E-state index in [-0.39, 0.29) is 12.5 Å². The first-order valence-electron chi connectivity index (χ1n) is 6.11. The molecule has 1 rings (SSSR count). The third-order valence-corrected chi connectivity index (χ3v) is 3.54. The van der Waals surface area contributed by atoms with Gasteiger partial charge in [0.25, 0.3) is 5.91 Å². The summed E-state index contributed by atoms with van der Waals surface area (Å²) in [5.41, 5.74) is 6.89. The third kappa shape index (κ3) is 4.62. The Kier molecular flexibility index (Phi) is 6.67. The van der Waals surface area contributed by atoms with Crippen LogP contribution >= 0.6 is 11.8 Å². The lowest BCUT2D eigenvalue weighted by molar-refractivity contribution is 0.0947. The van der Waals surface area contributed by atoms with Crippen molar-refractivity contribution in [1.82, 2.24) is 9.88 Å². The fourth-order valence-electron chi connectivity index (χ4n) is 1.58. The van der Waals surface area contributed by atoms with Gasteiger partial charge in [-0.3, -0.25) is 4.79 Å². The Hall–Kier alpha value is -1.14. The molecule has 0 fully saturated rings. The van der Waals surface area contributed by atoms with Gasteiger partial charge in [-0.25, -0.2) is 0 Å². The zero-order chi connectivity index (χ0) is 13.4. The van der Waals surface area contributed by atoms with E-state index in [4.69, 9.17) is 10.8 Å². The number of hydrogen-bond acceptors (Lipinski definition) is 4. The lowest BCUT2D eigenvalue weighted by atomic mass is 10.4. The van der Waals surface area contributed by atoms with Gasteiger partial charge < -0.3 is 20.7 Å². The maximum Gasteiger partial charge on any atom is 0.268 e. The SMILES string of the molecule is CCn1cc(N)cc1C(=O)NCCSCCCO. The Bertz CT molecular complexity index is 379. The van der Waals surface area contributed by atoms with Crippen molar-refractivity contribution < 1.29 is 9.90 Å². The first-order chi connectivity index (χ1) is 8.69.